The van der Waals surface area contributed by atoms with Gasteiger partial charge in [0.2, 0.25) is 0 Å². The minimum Gasteiger partial charge on any atom is -0.461 e. The number of allylic oxidation sites excluding steroid dienone is 1. The third-order valence-electron chi connectivity index (χ3n) is 9.89. The molecule has 4 rings (SSSR count). The smallest absolute Gasteiger partial charge is 0.323 e. The number of fused-ring (bicyclic) bond motifs is 5. The van der Waals surface area contributed by atoms with Crippen LogP contribution in [0, 0.1) is 40.4 Å². The van der Waals surface area contributed by atoms with E-state index in [-0.39, 0.29) is 28.8 Å². The molecule has 30 heavy (non-hydrogen) atoms. The molecule has 0 heterocycles. The highest BCUT2D eigenvalue weighted by atomic mass is 16.5. The molecule has 3 saturated carbocycles. The van der Waals surface area contributed by atoms with E-state index in [0.29, 0.717) is 23.5 Å². The summed E-state index contributed by atoms with van der Waals surface area (Å²) in [6, 6.07) is -0.536. The third-order valence-corrected chi connectivity index (χ3v) is 9.89. The fraction of sp³-hybridized carbons (Fsp3) is 0.846. The van der Waals surface area contributed by atoms with E-state index in [4.69, 9.17) is 10.5 Å². The molecule has 4 aliphatic rings. The average Bonchev–Trinajstić information content (AvgIpc) is 3.05. The van der Waals surface area contributed by atoms with Crippen LogP contribution in [0.25, 0.3) is 0 Å². The Hall–Kier alpha value is -1.16. The summed E-state index contributed by atoms with van der Waals surface area (Å²) in [4.78, 5) is 24.5. The van der Waals surface area contributed by atoms with Gasteiger partial charge in [0.05, 0.1) is 0 Å². The second kappa shape index (κ2) is 7.76. The fourth-order valence-corrected chi connectivity index (χ4v) is 7.99. The van der Waals surface area contributed by atoms with Crippen LogP contribution in [-0.2, 0) is 14.3 Å². The fourth-order valence-electron chi connectivity index (χ4n) is 7.99. The molecule has 4 heteroatoms. The average molecular weight is 416 g/mol. The molecule has 0 aromatic carbocycles. The van der Waals surface area contributed by atoms with E-state index in [9.17, 15) is 9.59 Å². The standard InChI is InChI=1S/C26H41NO3/c1-15(2)23(27)24(29)30-16(3)20-8-9-21-19-7-6-17-14-18(28)10-12-25(17,4)22(19)11-13-26(20,21)5/h14-16,19-23H,6-13,27H2,1-5H3/t16-,19?,20+,21?,22?,23-,25?,26?/m0/s1. The minimum atomic E-state index is -0.536. The highest BCUT2D eigenvalue weighted by Gasteiger charge is 2.60. The van der Waals surface area contributed by atoms with Crippen molar-refractivity contribution >= 4 is 11.8 Å². The van der Waals surface area contributed by atoms with Gasteiger partial charge in [-0.15, -0.1) is 0 Å². The molecule has 8 atom stereocenters. The van der Waals surface area contributed by atoms with Gasteiger partial charge in [0, 0.05) is 12.3 Å². The van der Waals surface area contributed by atoms with Crippen LogP contribution < -0.4 is 5.73 Å². The molecule has 0 radical (unpaired) electrons. The molecule has 4 nitrogen and oxygen atoms in total. The number of rotatable bonds is 4. The van der Waals surface area contributed by atoms with Gasteiger partial charge in [0.1, 0.15) is 12.1 Å². The quantitative estimate of drug-likeness (QED) is 0.652. The summed E-state index contributed by atoms with van der Waals surface area (Å²) in [6.45, 7) is 10.9. The van der Waals surface area contributed by atoms with E-state index in [1.54, 1.807) is 0 Å². The first-order chi connectivity index (χ1) is 14.1. The van der Waals surface area contributed by atoms with Crippen molar-refractivity contribution in [3.63, 3.8) is 0 Å². The molecule has 0 amide bonds. The van der Waals surface area contributed by atoms with Gasteiger partial charge in [-0.2, -0.15) is 0 Å². The molecule has 2 N–H and O–H groups in total. The number of ketones is 1. The first-order valence-electron chi connectivity index (χ1n) is 12.3. The third kappa shape index (κ3) is 3.38. The lowest BCUT2D eigenvalue weighted by molar-refractivity contribution is -0.157. The second-order valence-corrected chi connectivity index (χ2v) is 11.6. The summed E-state index contributed by atoms with van der Waals surface area (Å²) in [5.41, 5.74) is 7.94. The van der Waals surface area contributed by atoms with Crippen LogP contribution in [0.5, 0.6) is 0 Å². The van der Waals surface area contributed by atoms with Crippen LogP contribution in [0.15, 0.2) is 11.6 Å². The number of carbonyl (C=O) groups excluding carboxylic acids is 2. The van der Waals surface area contributed by atoms with Gasteiger partial charge in [0.25, 0.3) is 0 Å². The molecular weight excluding hydrogens is 374 g/mol. The molecule has 0 aromatic rings. The number of esters is 1. The van der Waals surface area contributed by atoms with Crippen LogP contribution in [0.3, 0.4) is 0 Å². The van der Waals surface area contributed by atoms with Crippen molar-refractivity contribution in [3.8, 4) is 0 Å². The molecule has 168 valence electrons. The Bertz CT molecular complexity index is 743. The van der Waals surface area contributed by atoms with Crippen molar-refractivity contribution in [1.82, 2.24) is 0 Å². The SMILES string of the molecule is CC(C)[C@H](N)C(=O)O[C@@H](C)[C@H]1CCC2C3CCC4=CC(=O)CCC4(C)C3CCC21C. The molecule has 0 aromatic heterocycles. The molecule has 0 aliphatic heterocycles. The van der Waals surface area contributed by atoms with E-state index in [1.165, 1.54) is 31.3 Å². The monoisotopic (exact) mass is 415 g/mol. The number of carbonyl (C=O) groups is 2. The van der Waals surface area contributed by atoms with Gasteiger partial charge in [-0.1, -0.05) is 33.3 Å². The highest BCUT2D eigenvalue weighted by molar-refractivity contribution is 5.91. The Morgan fingerprint density at radius 3 is 2.50 bits per heavy atom. The Kier molecular flexibility index (Phi) is 5.70. The molecule has 3 fully saturated rings. The first-order valence-corrected chi connectivity index (χ1v) is 12.3. The molecular formula is C26H41NO3. The second-order valence-electron chi connectivity index (χ2n) is 11.6. The maximum atomic E-state index is 12.5. The van der Waals surface area contributed by atoms with Crippen molar-refractivity contribution in [2.24, 2.45) is 46.2 Å². The number of hydrogen-bond acceptors (Lipinski definition) is 4. The normalized spacial score (nSPS) is 42.6. The maximum Gasteiger partial charge on any atom is 0.323 e. The van der Waals surface area contributed by atoms with Crippen LogP contribution in [0.1, 0.15) is 86.0 Å². The van der Waals surface area contributed by atoms with Crippen LogP contribution in [0.4, 0.5) is 0 Å². The van der Waals surface area contributed by atoms with E-state index in [1.807, 2.05) is 19.9 Å². The van der Waals surface area contributed by atoms with Crippen molar-refractivity contribution in [2.45, 2.75) is 98.1 Å². The lowest BCUT2D eigenvalue weighted by atomic mass is 9.46. The van der Waals surface area contributed by atoms with Crippen LogP contribution >= 0.6 is 0 Å². The van der Waals surface area contributed by atoms with Crippen molar-refractivity contribution in [1.29, 1.82) is 0 Å². The number of hydrogen-bond donors (Lipinski definition) is 1. The highest BCUT2D eigenvalue weighted by Crippen LogP contribution is 2.67. The van der Waals surface area contributed by atoms with Crippen molar-refractivity contribution < 1.29 is 14.3 Å². The summed E-state index contributed by atoms with van der Waals surface area (Å²) in [6.07, 6.45) is 10.8. The number of nitrogens with two attached hydrogens (primary N) is 1. The summed E-state index contributed by atoms with van der Waals surface area (Å²) >= 11 is 0. The Morgan fingerprint density at radius 2 is 1.80 bits per heavy atom. The van der Waals surface area contributed by atoms with E-state index in [2.05, 4.69) is 20.8 Å². The topological polar surface area (TPSA) is 69.4 Å². The summed E-state index contributed by atoms with van der Waals surface area (Å²) in [5.74, 6) is 2.75. The first kappa shape index (κ1) is 22.0. The summed E-state index contributed by atoms with van der Waals surface area (Å²) in [7, 11) is 0. The van der Waals surface area contributed by atoms with Gasteiger partial charge in [-0.3, -0.25) is 9.59 Å². The Labute approximate surface area is 182 Å². The Balaban J connectivity index is 1.51. The van der Waals surface area contributed by atoms with E-state index in [0.717, 1.165) is 31.6 Å². The van der Waals surface area contributed by atoms with E-state index >= 15 is 0 Å². The molecule has 4 aliphatic carbocycles. The zero-order chi connectivity index (χ0) is 21.8. The maximum absolute atomic E-state index is 12.5. The minimum absolute atomic E-state index is 0.0733. The van der Waals surface area contributed by atoms with Crippen molar-refractivity contribution in [3.05, 3.63) is 11.6 Å². The zero-order valence-electron chi connectivity index (χ0n) is 19.6. The predicted molar refractivity (Wildman–Crippen MR) is 119 cm³/mol. The lowest BCUT2D eigenvalue weighted by Gasteiger charge is -2.58. The van der Waals surface area contributed by atoms with Gasteiger partial charge >= 0.3 is 5.97 Å². The van der Waals surface area contributed by atoms with Crippen LogP contribution in [-0.4, -0.2) is 23.9 Å². The van der Waals surface area contributed by atoms with Gasteiger partial charge in [0.15, 0.2) is 5.78 Å². The number of ether oxygens (including phenoxy) is 1. The zero-order valence-corrected chi connectivity index (χ0v) is 19.6. The van der Waals surface area contributed by atoms with Crippen LogP contribution in [0.2, 0.25) is 0 Å². The summed E-state index contributed by atoms with van der Waals surface area (Å²) in [5, 5.41) is 0. The largest absolute Gasteiger partial charge is 0.461 e. The van der Waals surface area contributed by atoms with E-state index < -0.39 is 6.04 Å². The molecule has 0 spiro atoms. The van der Waals surface area contributed by atoms with Gasteiger partial charge in [-0.25, -0.2) is 0 Å². The predicted octanol–water partition coefficient (Wildman–Crippen LogP) is 5.05. The molecule has 0 bridgehead atoms. The lowest BCUT2D eigenvalue weighted by Crippen LogP contribution is -2.51. The Morgan fingerprint density at radius 1 is 1.07 bits per heavy atom. The van der Waals surface area contributed by atoms with Gasteiger partial charge < -0.3 is 10.5 Å². The van der Waals surface area contributed by atoms with Crippen molar-refractivity contribution in [2.75, 3.05) is 0 Å². The molecule has 0 saturated heterocycles. The molecule has 5 unspecified atom stereocenters. The summed E-state index contributed by atoms with van der Waals surface area (Å²) < 4.78 is 5.91. The van der Waals surface area contributed by atoms with Gasteiger partial charge in [-0.05, 0) is 92.4 Å².